The summed E-state index contributed by atoms with van der Waals surface area (Å²) >= 11 is 0. The first-order valence-electron chi connectivity index (χ1n) is 11.8. The summed E-state index contributed by atoms with van der Waals surface area (Å²) in [6.45, 7) is 9.38. The van der Waals surface area contributed by atoms with Crippen LogP contribution in [0, 0.1) is 0 Å². The minimum absolute atomic E-state index is 0.337. The van der Waals surface area contributed by atoms with Gasteiger partial charge < -0.3 is 18.9 Å². The molecule has 0 amide bonds. The summed E-state index contributed by atoms with van der Waals surface area (Å²) in [6, 6.07) is 13.2. The van der Waals surface area contributed by atoms with E-state index in [1.807, 2.05) is 12.1 Å². The molecule has 2 fully saturated rings. The zero-order chi connectivity index (χ0) is 21.3. The summed E-state index contributed by atoms with van der Waals surface area (Å²) in [6.07, 6.45) is 2.56. The van der Waals surface area contributed by atoms with Gasteiger partial charge in [-0.25, -0.2) is 0 Å². The smallest absolute Gasteiger partial charge is 0.231 e. The van der Waals surface area contributed by atoms with Crippen molar-refractivity contribution in [1.29, 1.82) is 0 Å². The molecular formula is C25H31N3O4. The van der Waals surface area contributed by atoms with Crippen LogP contribution in [0.1, 0.15) is 24.0 Å². The molecule has 4 heterocycles. The third kappa shape index (κ3) is 4.12. The van der Waals surface area contributed by atoms with Gasteiger partial charge in [-0.3, -0.25) is 14.7 Å². The summed E-state index contributed by atoms with van der Waals surface area (Å²) in [7, 11) is 0. The molecule has 32 heavy (non-hydrogen) atoms. The fourth-order valence-electron chi connectivity index (χ4n) is 5.41. The van der Waals surface area contributed by atoms with Crippen LogP contribution in [0.5, 0.6) is 23.0 Å². The van der Waals surface area contributed by atoms with E-state index >= 15 is 0 Å². The molecule has 7 nitrogen and oxygen atoms in total. The summed E-state index contributed by atoms with van der Waals surface area (Å²) in [5.41, 5.74) is 2.54. The number of rotatable bonds is 5. The van der Waals surface area contributed by atoms with E-state index in [1.165, 1.54) is 24.0 Å². The van der Waals surface area contributed by atoms with Crippen molar-refractivity contribution >= 4 is 0 Å². The lowest BCUT2D eigenvalue weighted by Crippen LogP contribution is -2.54. The number of piperidine rings is 1. The van der Waals surface area contributed by atoms with Gasteiger partial charge in [-0.15, -0.1) is 0 Å². The number of hydrogen-bond acceptors (Lipinski definition) is 7. The Morgan fingerprint density at radius 3 is 2.53 bits per heavy atom. The molecule has 0 aliphatic carbocycles. The maximum Gasteiger partial charge on any atom is 0.231 e. The number of hydrogen-bond donors (Lipinski definition) is 0. The fraction of sp³-hybridized carbons (Fsp3) is 0.520. The van der Waals surface area contributed by atoms with E-state index in [1.54, 1.807) is 0 Å². The fourth-order valence-corrected chi connectivity index (χ4v) is 5.41. The van der Waals surface area contributed by atoms with Gasteiger partial charge in [-0.05, 0) is 43.1 Å². The molecule has 2 aromatic carbocycles. The summed E-state index contributed by atoms with van der Waals surface area (Å²) in [4.78, 5) is 7.85. The largest absolute Gasteiger partial charge is 0.454 e. The van der Waals surface area contributed by atoms with Crippen molar-refractivity contribution in [2.45, 2.75) is 32.0 Å². The number of benzene rings is 2. The third-order valence-electron chi connectivity index (χ3n) is 7.12. The van der Waals surface area contributed by atoms with E-state index in [2.05, 4.69) is 39.0 Å². The lowest BCUT2D eigenvalue weighted by atomic mass is 10.0. The Morgan fingerprint density at radius 2 is 1.59 bits per heavy atom. The Kier molecular flexibility index (Phi) is 5.55. The average molecular weight is 438 g/mol. The van der Waals surface area contributed by atoms with Gasteiger partial charge in [-0.2, -0.15) is 0 Å². The van der Waals surface area contributed by atoms with Crippen LogP contribution in [0.3, 0.4) is 0 Å². The molecule has 4 aliphatic rings. The highest BCUT2D eigenvalue weighted by Crippen LogP contribution is 2.36. The van der Waals surface area contributed by atoms with Crippen molar-refractivity contribution in [2.75, 3.05) is 52.9 Å². The standard InChI is InChI=1S/C25H31N3O4/c1-3-20(25-23(5-1)30-18-32-25)15-27-8-2-4-21(16-27)28-11-9-26(10-12-28)14-19-6-7-22-24(13-19)31-17-29-22/h1,3,5-7,13,21H,2,4,8-12,14-18H2. The molecule has 0 aromatic heterocycles. The maximum absolute atomic E-state index is 5.72. The first kappa shape index (κ1) is 20.1. The van der Waals surface area contributed by atoms with Crippen molar-refractivity contribution in [3.63, 3.8) is 0 Å². The number of para-hydroxylation sites is 1. The molecular weight excluding hydrogens is 406 g/mol. The Balaban J connectivity index is 1.02. The molecule has 0 N–H and O–H groups in total. The molecule has 2 aromatic rings. The van der Waals surface area contributed by atoms with Crippen molar-refractivity contribution < 1.29 is 18.9 Å². The Hall–Kier alpha value is -2.48. The predicted octanol–water partition coefficient (Wildman–Crippen LogP) is 2.93. The number of nitrogens with zero attached hydrogens (tertiary/aromatic N) is 3. The van der Waals surface area contributed by atoms with Gasteiger partial charge in [0.25, 0.3) is 0 Å². The normalized spacial score (nSPS) is 23.6. The molecule has 0 spiro atoms. The zero-order valence-electron chi connectivity index (χ0n) is 18.5. The Bertz CT molecular complexity index is 960. The third-order valence-corrected chi connectivity index (χ3v) is 7.12. The SMILES string of the molecule is c1cc(CN2CCCC(N3CCN(Cc4ccc5c(c4)OCO5)CC3)C2)c2c(c1)OCO2. The second kappa shape index (κ2) is 8.81. The molecule has 4 aliphatic heterocycles. The highest BCUT2D eigenvalue weighted by atomic mass is 16.7. The van der Waals surface area contributed by atoms with E-state index in [0.29, 0.717) is 19.6 Å². The molecule has 0 radical (unpaired) electrons. The predicted molar refractivity (Wildman–Crippen MR) is 120 cm³/mol. The second-order valence-corrected chi connectivity index (χ2v) is 9.18. The average Bonchev–Trinajstić information content (AvgIpc) is 3.49. The summed E-state index contributed by atoms with van der Waals surface area (Å²) in [5, 5.41) is 0. The molecule has 170 valence electrons. The van der Waals surface area contributed by atoms with E-state index in [4.69, 9.17) is 18.9 Å². The second-order valence-electron chi connectivity index (χ2n) is 9.18. The quantitative estimate of drug-likeness (QED) is 0.713. The summed E-state index contributed by atoms with van der Waals surface area (Å²) in [5.74, 6) is 3.56. The van der Waals surface area contributed by atoms with Gasteiger partial charge in [0, 0.05) is 57.4 Å². The Morgan fingerprint density at radius 1 is 0.750 bits per heavy atom. The molecule has 1 unspecified atom stereocenters. The molecule has 7 heteroatoms. The minimum atomic E-state index is 0.337. The number of ether oxygens (including phenoxy) is 4. The van der Waals surface area contributed by atoms with Crippen LogP contribution >= 0.6 is 0 Å². The van der Waals surface area contributed by atoms with Crippen LogP contribution in [0.25, 0.3) is 0 Å². The van der Waals surface area contributed by atoms with Crippen molar-refractivity contribution in [2.24, 2.45) is 0 Å². The van der Waals surface area contributed by atoms with Crippen LogP contribution in [0.15, 0.2) is 36.4 Å². The number of fused-ring (bicyclic) bond motifs is 2. The van der Waals surface area contributed by atoms with Gasteiger partial charge in [0.05, 0.1) is 0 Å². The first-order valence-corrected chi connectivity index (χ1v) is 11.8. The van der Waals surface area contributed by atoms with Crippen molar-refractivity contribution in [3.8, 4) is 23.0 Å². The molecule has 6 rings (SSSR count). The van der Waals surface area contributed by atoms with Gasteiger partial charge >= 0.3 is 0 Å². The van der Waals surface area contributed by atoms with Crippen LogP contribution in [0.4, 0.5) is 0 Å². The lowest BCUT2D eigenvalue weighted by molar-refractivity contribution is 0.0474. The summed E-state index contributed by atoms with van der Waals surface area (Å²) < 4.78 is 22.2. The Labute approximate surface area is 189 Å². The molecule has 1 atom stereocenters. The first-order chi connectivity index (χ1) is 15.8. The van der Waals surface area contributed by atoms with Crippen molar-refractivity contribution in [3.05, 3.63) is 47.5 Å². The van der Waals surface area contributed by atoms with Gasteiger partial charge in [0.1, 0.15) is 0 Å². The van der Waals surface area contributed by atoms with Crippen LogP contribution < -0.4 is 18.9 Å². The maximum atomic E-state index is 5.72. The number of piperazine rings is 1. The number of likely N-dealkylation sites (tertiary alicyclic amines) is 1. The zero-order valence-corrected chi connectivity index (χ0v) is 18.5. The van der Waals surface area contributed by atoms with Crippen LogP contribution in [-0.2, 0) is 13.1 Å². The lowest BCUT2D eigenvalue weighted by Gasteiger charge is -2.43. The molecule has 0 bridgehead atoms. The van der Waals surface area contributed by atoms with Gasteiger partial charge in [-0.1, -0.05) is 18.2 Å². The molecule has 0 saturated carbocycles. The highest BCUT2D eigenvalue weighted by Gasteiger charge is 2.29. The van der Waals surface area contributed by atoms with E-state index in [9.17, 15) is 0 Å². The monoisotopic (exact) mass is 437 g/mol. The molecule has 2 saturated heterocycles. The van der Waals surface area contributed by atoms with E-state index in [-0.39, 0.29) is 0 Å². The van der Waals surface area contributed by atoms with Gasteiger partial charge in [0.15, 0.2) is 23.0 Å². The van der Waals surface area contributed by atoms with E-state index in [0.717, 1.165) is 75.4 Å². The van der Waals surface area contributed by atoms with Crippen molar-refractivity contribution in [1.82, 2.24) is 14.7 Å². The minimum Gasteiger partial charge on any atom is -0.454 e. The van der Waals surface area contributed by atoms with Gasteiger partial charge in [0.2, 0.25) is 13.6 Å². The van der Waals surface area contributed by atoms with E-state index < -0.39 is 0 Å². The topological polar surface area (TPSA) is 46.6 Å². The van der Waals surface area contributed by atoms with Crippen LogP contribution in [0.2, 0.25) is 0 Å². The van der Waals surface area contributed by atoms with Crippen LogP contribution in [-0.4, -0.2) is 73.6 Å². The highest BCUT2D eigenvalue weighted by molar-refractivity contribution is 5.48.